The van der Waals surface area contributed by atoms with Crippen molar-refractivity contribution in [2.45, 2.75) is 49.9 Å². The third-order valence-electron chi connectivity index (χ3n) is 2.18. The molecule has 0 aromatic rings. The molecule has 5 heteroatoms. The molecule has 0 saturated carbocycles. The van der Waals surface area contributed by atoms with E-state index >= 15 is 0 Å². The Morgan fingerprint density at radius 2 is 1.31 bits per heavy atom. The van der Waals surface area contributed by atoms with Gasteiger partial charge in [0.2, 0.25) is 0 Å². The summed E-state index contributed by atoms with van der Waals surface area (Å²) >= 11 is -0.524. The van der Waals surface area contributed by atoms with Gasteiger partial charge in [-0.1, -0.05) is 0 Å². The topological polar surface area (TPSA) is 27.7 Å². The van der Waals surface area contributed by atoms with Gasteiger partial charge in [0.1, 0.15) is 0 Å². The molecule has 0 aromatic heterocycles. The molecule has 0 aliphatic carbocycles. The first-order valence-electron chi connectivity index (χ1n) is 6.16. The summed E-state index contributed by atoms with van der Waals surface area (Å²) in [4.78, 5) is 0. The predicted octanol–water partition coefficient (Wildman–Crippen LogP) is 3.18. The van der Waals surface area contributed by atoms with E-state index in [-0.39, 0.29) is 0 Å². The van der Waals surface area contributed by atoms with Crippen molar-refractivity contribution < 1.29 is 13.3 Å². The van der Waals surface area contributed by atoms with Crippen molar-refractivity contribution in [1.29, 1.82) is 0 Å². The van der Waals surface area contributed by atoms with Gasteiger partial charge in [0.25, 0.3) is 0 Å². The van der Waals surface area contributed by atoms with E-state index in [0.29, 0.717) is 19.8 Å². The number of rotatable bonds is 10. The standard InChI is InChI=1S/C11H27AsO3Si/c1-6-13-16(14-7-2,15-8-3)11-9-10-12(4)5/h6-11H2,1-5H3. The second-order valence-corrected chi connectivity index (χ2v) is 12.1. The monoisotopic (exact) mass is 310 g/mol. The van der Waals surface area contributed by atoms with Gasteiger partial charge < -0.3 is 0 Å². The molecule has 0 radical (unpaired) electrons. The Kier molecular flexibility index (Phi) is 10.1. The summed E-state index contributed by atoms with van der Waals surface area (Å²) in [5.74, 6) is 0. The minimum absolute atomic E-state index is 0.524. The van der Waals surface area contributed by atoms with Gasteiger partial charge in [-0.25, -0.2) is 0 Å². The third kappa shape index (κ3) is 7.07. The van der Waals surface area contributed by atoms with E-state index in [0.717, 1.165) is 6.04 Å². The van der Waals surface area contributed by atoms with Crippen molar-refractivity contribution in [3.63, 3.8) is 0 Å². The SMILES string of the molecule is CCO[Si](CCC[As](C)C)(OCC)OCC. The average Bonchev–Trinajstić information content (AvgIpc) is 2.18. The summed E-state index contributed by atoms with van der Waals surface area (Å²) in [5, 5.41) is 1.36. The molecule has 0 aliphatic heterocycles. The second-order valence-electron chi connectivity index (χ2n) is 3.89. The summed E-state index contributed by atoms with van der Waals surface area (Å²) in [7, 11) is -2.34. The number of hydrogen-bond donors (Lipinski definition) is 0. The van der Waals surface area contributed by atoms with Gasteiger partial charge >= 0.3 is 106 Å². The van der Waals surface area contributed by atoms with Crippen LogP contribution in [-0.4, -0.2) is 43.3 Å². The molecule has 0 N–H and O–H groups in total. The zero-order valence-electron chi connectivity index (χ0n) is 11.4. The quantitative estimate of drug-likeness (QED) is 0.580. The van der Waals surface area contributed by atoms with Crippen molar-refractivity contribution in [2.75, 3.05) is 19.8 Å². The normalized spacial score (nSPS) is 12.4. The fourth-order valence-electron chi connectivity index (χ4n) is 1.61. The van der Waals surface area contributed by atoms with Crippen LogP contribution in [0.15, 0.2) is 0 Å². The second kappa shape index (κ2) is 9.66. The van der Waals surface area contributed by atoms with E-state index in [4.69, 9.17) is 13.3 Å². The van der Waals surface area contributed by atoms with Crippen molar-refractivity contribution in [3.8, 4) is 0 Å². The van der Waals surface area contributed by atoms with Crippen LogP contribution in [0, 0.1) is 0 Å². The van der Waals surface area contributed by atoms with Gasteiger partial charge in [-0.2, -0.15) is 0 Å². The van der Waals surface area contributed by atoms with Crippen LogP contribution in [0.5, 0.6) is 0 Å². The van der Waals surface area contributed by atoms with Crippen LogP contribution in [0.2, 0.25) is 22.7 Å². The van der Waals surface area contributed by atoms with E-state index in [9.17, 15) is 0 Å². The van der Waals surface area contributed by atoms with Crippen LogP contribution in [0.3, 0.4) is 0 Å². The van der Waals surface area contributed by atoms with Crippen molar-refractivity contribution in [2.24, 2.45) is 0 Å². The predicted molar refractivity (Wildman–Crippen MR) is 72.3 cm³/mol. The zero-order valence-corrected chi connectivity index (χ0v) is 14.3. The van der Waals surface area contributed by atoms with Crippen LogP contribution in [0.1, 0.15) is 27.2 Å². The van der Waals surface area contributed by atoms with Crippen molar-refractivity contribution in [3.05, 3.63) is 0 Å². The average molecular weight is 310 g/mol. The van der Waals surface area contributed by atoms with Gasteiger partial charge in [-0.05, 0) is 0 Å². The van der Waals surface area contributed by atoms with E-state index in [1.807, 2.05) is 20.8 Å². The van der Waals surface area contributed by atoms with Gasteiger partial charge in [0.15, 0.2) is 0 Å². The number of hydrogen-bond acceptors (Lipinski definition) is 3. The first-order chi connectivity index (χ1) is 7.60. The van der Waals surface area contributed by atoms with Crippen LogP contribution < -0.4 is 0 Å². The van der Waals surface area contributed by atoms with E-state index < -0.39 is 23.5 Å². The Morgan fingerprint density at radius 3 is 1.62 bits per heavy atom. The molecule has 0 atom stereocenters. The van der Waals surface area contributed by atoms with Gasteiger partial charge in [0, 0.05) is 0 Å². The molecule has 0 aliphatic rings. The van der Waals surface area contributed by atoms with Crippen molar-refractivity contribution >= 4 is 23.5 Å². The molecule has 0 unspecified atom stereocenters. The molecule has 16 heavy (non-hydrogen) atoms. The summed E-state index contributed by atoms with van der Waals surface area (Å²) in [6, 6.07) is 0.982. The van der Waals surface area contributed by atoms with E-state index in [1.54, 1.807) is 0 Å². The Bertz CT molecular complexity index is 150. The molecule has 0 saturated heterocycles. The van der Waals surface area contributed by atoms with E-state index in [2.05, 4.69) is 11.4 Å². The molecule has 0 amide bonds. The summed E-state index contributed by atoms with van der Waals surface area (Å²) in [6.45, 7) is 8.09. The molecular formula is C11H27AsO3Si. The van der Waals surface area contributed by atoms with Gasteiger partial charge in [-0.15, -0.1) is 0 Å². The third-order valence-corrected chi connectivity index (χ3v) is 7.87. The van der Waals surface area contributed by atoms with E-state index in [1.165, 1.54) is 11.6 Å². The zero-order chi connectivity index (χ0) is 12.4. The van der Waals surface area contributed by atoms with Crippen LogP contribution in [0.4, 0.5) is 0 Å². The Balaban J connectivity index is 4.23. The van der Waals surface area contributed by atoms with Crippen LogP contribution >= 0.6 is 0 Å². The molecule has 0 heterocycles. The Morgan fingerprint density at radius 1 is 0.875 bits per heavy atom. The molecule has 0 spiro atoms. The molecule has 0 fully saturated rings. The van der Waals surface area contributed by atoms with Gasteiger partial charge in [-0.3, -0.25) is 0 Å². The first kappa shape index (κ1) is 16.7. The Labute approximate surface area is 106 Å². The molecule has 98 valence electrons. The molecule has 0 rings (SSSR count). The van der Waals surface area contributed by atoms with Crippen LogP contribution in [-0.2, 0) is 13.3 Å². The minimum atomic E-state index is -2.34. The van der Waals surface area contributed by atoms with Crippen LogP contribution in [0.25, 0.3) is 0 Å². The van der Waals surface area contributed by atoms with Gasteiger partial charge in [0.05, 0.1) is 0 Å². The first-order valence-corrected chi connectivity index (χ1v) is 13.2. The maximum atomic E-state index is 5.80. The fraction of sp³-hybridized carbons (Fsp3) is 1.00. The molecular weight excluding hydrogens is 283 g/mol. The molecule has 0 aromatic carbocycles. The summed E-state index contributed by atoms with van der Waals surface area (Å²) in [6.07, 6.45) is 1.19. The summed E-state index contributed by atoms with van der Waals surface area (Å²) < 4.78 is 17.4. The fourth-order valence-corrected chi connectivity index (χ4v) is 6.53. The Hall–Kier alpha value is 0.655. The summed E-state index contributed by atoms with van der Waals surface area (Å²) in [5.41, 5.74) is 4.77. The van der Waals surface area contributed by atoms with Crippen molar-refractivity contribution in [1.82, 2.24) is 0 Å². The molecule has 0 bridgehead atoms. The molecule has 3 nitrogen and oxygen atoms in total. The maximum absolute atomic E-state index is 5.80.